The maximum atomic E-state index is 6.10. The Balaban J connectivity index is 1.97. The summed E-state index contributed by atoms with van der Waals surface area (Å²) in [6, 6.07) is 11.9. The van der Waals surface area contributed by atoms with Gasteiger partial charge < -0.3 is 15.4 Å². The lowest BCUT2D eigenvalue weighted by molar-refractivity contribution is 0.100. The summed E-state index contributed by atoms with van der Waals surface area (Å²) in [5.74, 6) is 0.127. The first kappa shape index (κ1) is 20.3. The quantitative estimate of drug-likeness (QED) is 0.462. The molecule has 3 rings (SSSR count). The van der Waals surface area contributed by atoms with Gasteiger partial charge in [-0.05, 0) is 19.7 Å². The molecule has 0 atom stereocenters. The van der Waals surface area contributed by atoms with Crippen LogP contribution in [0, 0.1) is 0 Å². The molecule has 0 bridgehead atoms. The average Bonchev–Trinajstić information content (AvgIpc) is 2.94. The van der Waals surface area contributed by atoms with Crippen molar-refractivity contribution in [2.45, 2.75) is 13.0 Å². The monoisotopic (exact) mass is 400 g/mol. The van der Waals surface area contributed by atoms with Crippen LogP contribution in [0.4, 0.5) is 5.95 Å². The molecule has 3 aromatic rings. The summed E-state index contributed by atoms with van der Waals surface area (Å²) < 4.78 is 7.74. The van der Waals surface area contributed by atoms with Crippen molar-refractivity contribution in [1.29, 1.82) is 0 Å². The van der Waals surface area contributed by atoms with Crippen LogP contribution in [0.25, 0.3) is 11.4 Å². The molecule has 0 amide bonds. The number of likely N-dealkylation sites (N-methyl/N-ethyl adjacent to an activating group) is 1. The van der Waals surface area contributed by atoms with E-state index in [2.05, 4.69) is 27.0 Å². The van der Waals surface area contributed by atoms with Gasteiger partial charge in [-0.3, -0.25) is 4.68 Å². The number of hydrogen-bond donors (Lipinski definition) is 1. The molecule has 0 saturated heterocycles. The van der Waals surface area contributed by atoms with Gasteiger partial charge in [-0.15, -0.1) is 0 Å². The Bertz CT molecular complexity index is 906. The summed E-state index contributed by atoms with van der Waals surface area (Å²) in [5, 5.41) is 4.99. The third-order valence-electron chi connectivity index (χ3n) is 4.37. The Labute approximate surface area is 170 Å². The molecule has 0 saturated carbocycles. The normalized spacial score (nSPS) is 11.3. The van der Waals surface area contributed by atoms with E-state index in [0.717, 1.165) is 23.5 Å². The zero-order chi connectivity index (χ0) is 20.1. The number of aromatic nitrogens is 4. The molecular weight excluding hydrogens is 376 g/mol. The van der Waals surface area contributed by atoms with E-state index in [1.54, 1.807) is 6.07 Å². The summed E-state index contributed by atoms with van der Waals surface area (Å²) in [5.41, 5.74) is 10.4. The van der Waals surface area contributed by atoms with Gasteiger partial charge in [-0.1, -0.05) is 41.9 Å². The molecule has 7 nitrogen and oxygen atoms in total. The van der Waals surface area contributed by atoms with Crippen molar-refractivity contribution >= 4 is 17.5 Å². The maximum Gasteiger partial charge on any atom is 0.222 e. The van der Waals surface area contributed by atoms with E-state index in [1.807, 2.05) is 44.0 Å². The molecule has 0 spiro atoms. The lowest BCUT2D eigenvalue weighted by atomic mass is 10.0. The van der Waals surface area contributed by atoms with Gasteiger partial charge in [0.25, 0.3) is 0 Å². The standard InChI is InChI=1S/C20H25ClN6O/c1-26(2)9-10-28-13-17-15(11-14-7-5-4-6-8-14)19(25-27(17)3)16-12-18(21)24-20(22)23-16/h4-8,12H,9-11,13H2,1-3H3,(H2,22,23,24). The van der Waals surface area contributed by atoms with Crippen LogP contribution in [0.2, 0.25) is 5.15 Å². The highest BCUT2D eigenvalue weighted by Crippen LogP contribution is 2.28. The van der Waals surface area contributed by atoms with Crippen molar-refractivity contribution in [2.75, 3.05) is 33.0 Å². The van der Waals surface area contributed by atoms with E-state index in [9.17, 15) is 0 Å². The predicted octanol–water partition coefficient (Wildman–Crippen LogP) is 2.78. The van der Waals surface area contributed by atoms with Crippen molar-refractivity contribution in [3.63, 3.8) is 0 Å². The number of anilines is 1. The maximum absolute atomic E-state index is 6.10. The van der Waals surface area contributed by atoms with E-state index >= 15 is 0 Å². The number of nitrogens with two attached hydrogens (primary N) is 1. The highest BCUT2D eigenvalue weighted by atomic mass is 35.5. The number of benzene rings is 1. The Hall–Kier alpha value is -2.48. The van der Waals surface area contributed by atoms with Crippen molar-refractivity contribution in [2.24, 2.45) is 7.05 Å². The van der Waals surface area contributed by atoms with Crippen LogP contribution in [0.3, 0.4) is 0 Å². The smallest absolute Gasteiger partial charge is 0.222 e. The zero-order valence-electron chi connectivity index (χ0n) is 16.4. The second-order valence-corrected chi connectivity index (χ2v) is 7.24. The minimum absolute atomic E-state index is 0.127. The lowest BCUT2D eigenvalue weighted by Crippen LogP contribution is -2.18. The summed E-state index contributed by atoms with van der Waals surface area (Å²) in [6.45, 7) is 1.97. The van der Waals surface area contributed by atoms with E-state index in [0.29, 0.717) is 30.5 Å². The third-order valence-corrected chi connectivity index (χ3v) is 4.57. The summed E-state index contributed by atoms with van der Waals surface area (Å²) in [7, 11) is 5.96. The fourth-order valence-electron chi connectivity index (χ4n) is 2.95. The van der Waals surface area contributed by atoms with Crippen LogP contribution in [0.1, 0.15) is 16.8 Å². The van der Waals surface area contributed by atoms with Crippen LogP contribution in [0.15, 0.2) is 36.4 Å². The first-order valence-corrected chi connectivity index (χ1v) is 9.43. The van der Waals surface area contributed by atoms with Gasteiger partial charge in [0.15, 0.2) is 0 Å². The van der Waals surface area contributed by atoms with Crippen molar-refractivity contribution in [3.05, 3.63) is 58.4 Å². The SMILES string of the molecule is CN(C)CCOCc1c(Cc2ccccc2)c(-c2cc(Cl)nc(N)n2)nn1C. The fraction of sp³-hybridized carbons (Fsp3) is 0.350. The van der Waals surface area contributed by atoms with Crippen molar-refractivity contribution in [1.82, 2.24) is 24.6 Å². The second-order valence-electron chi connectivity index (χ2n) is 6.85. The first-order chi connectivity index (χ1) is 13.4. The topological polar surface area (TPSA) is 82.1 Å². The number of hydrogen-bond acceptors (Lipinski definition) is 6. The van der Waals surface area contributed by atoms with Gasteiger partial charge in [0, 0.05) is 31.6 Å². The second kappa shape index (κ2) is 9.14. The molecule has 2 N–H and O–H groups in total. The van der Waals surface area contributed by atoms with Crippen LogP contribution in [-0.2, 0) is 24.8 Å². The lowest BCUT2D eigenvalue weighted by Gasteiger charge is -2.11. The van der Waals surface area contributed by atoms with E-state index in [4.69, 9.17) is 27.2 Å². The molecule has 0 aliphatic carbocycles. The third kappa shape index (κ3) is 5.07. The van der Waals surface area contributed by atoms with Gasteiger partial charge in [0.05, 0.1) is 24.6 Å². The minimum Gasteiger partial charge on any atom is -0.374 e. The molecule has 0 fully saturated rings. The molecule has 2 heterocycles. The molecule has 1 aromatic carbocycles. The van der Waals surface area contributed by atoms with E-state index in [-0.39, 0.29) is 5.95 Å². The molecule has 28 heavy (non-hydrogen) atoms. The fourth-order valence-corrected chi connectivity index (χ4v) is 3.14. The highest BCUT2D eigenvalue weighted by molar-refractivity contribution is 6.29. The number of nitrogens with zero attached hydrogens (tertiary/aromatic N) is 5. The summed E-state index contributed by atoms with van der Waals surface area (Å²) >= 11 is 6.10. The molecule has 148 valence electrons. The molecule has 0 radical (unpaired) electrons. The Kier molecular flexibility index (Phi) is 6.61. The van der Waals surface area contributed by atoms with Crippen LogP contribution < -0.4 is 5.73 Å². The number of ether oxygens (including phenoxy) is 1. The molecule has 0 unspecified atom stereocenters. The molecule has 2 aromatic heterocycles. The molecule has 0 aliphatic heterocycles. The minimum atomic E-state index is 0.127. The zero-order valence-corrected chi connectivity index (χ0v) is 17.1. The van der Waals surface area contributed by atoms with Crippen molar-refractivity contribution < 1.29 is 4.74 Å². The summed E-state index contributed by atoms with van der Waals surface area (Å²) in [6.07, 6.45) is 0.706. The number of halogens is 1. The van der Waals surface area contributed by atoms with E-state index < -0.39 is 0 Å². The van der Waals surface area contributed by atoms with Gasteiger partial charge in [-0.2, -0.15) is 5.10 Å². The Morgan fingerprint density at radius 3 is 2.61 bits per heavy atom. The predicted molar refractivity (Wildman–Crippen MR) is 111 cm³/mol. The van der Waals surface area contributed by atoms with Crippen LogP contribution in [-0.4, -0.2) is 51.9 Å². The van der Waals surface area contributed by atoms with Gasteiger partial charge in [0.1, 0.15) is 10.8 Å². The largest absolute Gasteiger partial charge is 0.374 e. The number of aryl methyl sites for hydroxylation is 1. The van der Waals surface area contributed by atoms with E-state index in [1.165, 1.54) is 5.56 Å². The average molecular weight is 401 g/mol. The van der Waals surface area contributed by atoms with Gasteiger partial charge in [0.2, 0.25) is 5.95 Å². The summed E-state index contributed by atoms with van der Waals surface area (Å²) in [4.78, 5) is 10.4. The number of rotatable bonds is 8. The molecule has 0 aliphatic rings. The molecular formula is C20H25ClN6O. The first-order valence-electron chi connectivity index (χ1n) is 9.05. The van der Waals surface area contributed by atoms with Gasteiger partial charge >= 0.3 is 0 Å². The van der Waals surface area contributed by atoms with Crippen molar-refractivity contribution in [3.8, 4) is 11.4 Å². The molecule has 8 heteroatoms. The Morgan fingerprint density at radius 1 is 1.18 bits per heavy atom. The number of nitrogen functional groups attached to an aromatic ring is 1. The van der Waals surface area contributed by atoms with Gasteiger partial charge in [-0.25, -0.2) is 9.97 Å². The van der Waals surface area contributed by atoms with Crippen LogP contribution >= 0.6 is 11.6 Å². The highest BCUT2D eigenvalue weighted by Gasteiger charge is 2.20. The Morgan fingerprint density at radius 2 is 1.93 bits per heavy atom. The van der Waals surface area contributed by atoms with Crippen LogP contribution in [0.5, 0.6) is 0 Å².